The number of halogens is 1. The molecule has 0 aromatic heterocycles. The lowest BCUT2D eigenvalue weighted by molar-refractivity contribution is 0.0265. The molecule has 1 amide bonds. The van der Waals surface area contributed by atoms with Crippen molar-refractivity contribution in [1.29, 1.82) is 0 Å². The molecular weight excluding hydrogens is 253 g/mol. The van der Waals surface area contributed by atoms with Crippen LogP contribution in [0.1, 0.15) is 23.2 Å². The number of hydrogen-bond donors (Lipinski definition) is 2. The first kappa shape index (κ1) is 13.4. The number of rotatable bonds is 3. The molecule has 0 atom stereocenters. The second-order valence-electron chi connectivity index (χ2n) is 4.84. The third-order valence-electron chi connectivity index (χ3n) is 3.28. The van der Waals surface area contributed by atoms with E-state index in [1.807, 2.05) is 0 Å². The van der Waals surface area contributed by atoms with E-state index in [1.54, 1.807) is 11.9 Å². The van der Waals surface area contributed by atoms with Crippen molar-refractivity contribution < 1.29 is 14.3 Å². The van der Waals surface area contributed by atoms with Gasteiger partial charge in [-0.15, -0.1) is 12.6 Å². The normalized spacial score (nSPS) is 22.4. The van der Waals surface area contributed by atoms with Gasteiger partial charge in [0.25, 0.3) is 5.91 Å². The molecule has 0 spiro atoms. The minimum Gasteiger partial charge on any atom is -0.393 e. The van der Waals surface area contributed by atoms with Gasteiger partial charge in [-0.1, -0.05) is 0 Å². The largest absolute Gasteiger partial charge is 0.393 e. The van der Waals surface area contributed by atoms with Crippen LogP contribution in [0, 0.1) is 11.7 Å². The fraction of sp³-hybridized carbons (Fsp3) is 0.462. The molecule has 0 unspecified atom stereocenters. The van der Waals surface area contributed by atoms with Crippen molar-refractivity contribution in [3.63, 3.8) is 0 Å². The zero-order valence-corrected chi connectivity index (χ0v) is 11.0. The van der Waals surface area contributed by atoms with Crippen LogP contribution in [0.5, 0.6) is 0 Å². The summed E-state index contributed by atoms with van der Waals surface area (Å²) in [6.07, 6.45) is 1.28. The predicted octanol–water partition coefficient (Wildman–Crippen LogP) is 1.96. The highest BCUT2D eigenvalue weighted by molar-refractivity contribution is 7.80. The average molecular weight is 269 g/mol. The number of carbonyl (C=O) groups excluding carboxylic acids is 1. The average Bonchev–Trinajstić information content (AvgIpc) is 2.29. The molecule has 0 bridgehead atoms. The highest BCUT2D eigenvalue weighted by Crippen LogP contribution is 2.28. The molecule has 5 heteroatoms. The molecule has 1 fully saturated rings. The smallest absolute Gasteiger partial charge is 0.253 e. The minimum atomic E-state index is -0.431. The van der Waals surface area contributed by atoms with Crippen LogP contribution < -0.4 is 0 Å². The molecule has 18 heavy (non-hydrogen) atoms. The molecule has 0 saturated heterocycles. The number of benzene rings is 1. The zero-order chi connectivity index (χ0) is 13.3. The summed E-state index contributed by atoms with van der Waals surface area (Å²) in [6.45, 7) is 0.620. The van der Waals surface area contributed by atoms with Gasteiger partial charge in [0.2, 0.25) is 0 Å². The van der Waals surface area contributed by atoms with Crippen LogP contribution in [0.15, 0.2) is 23.1 Å². The summed E-state index contributed by atoms with van der Waals surface area (Å²) in [5.74, 6) is -0.212. The van der Waals surface area contributed by atoms with E-state index in [0.717, 1.165) is 12.8 Å². The maximum Gasteiger partial charge on any atom is 0.253 e. The molecule has 3 nitrogen and oxygen atoms in total. The van der Waals surface area contributed by atoms with Gasteiger partial charge in [0.05, 0.1) is 6.10 Å². The Bertz CT molecular complexity index is 460. The Labute approximate surface area is 111 Å². The number of carbonyl (C=O) groups is 1. The highest BCUT2D eigenvalue weighted by Gasteiger charge is 2.29. The minimum absolute atomic E-state index is 0.147. The molecule has 1 aromatic rings. The van der Waals surface area contributed by atoms with E-state index in [1.165, 1.54) is 18.2 Å². The molecule has 0 radical (unpaired) electrons. The Morgan fingerprint density at radius 3 is 2.78 bits per heavy atom. The summed E-state index contributed by atoms with van der Waals surface area (Å²) >= 11 is 3.96. The van der Waals surface area contributed by atoms with Crippen LogP contribution in [0.25, 0.3) is 0 Å². The van der Waals surface area contributed by atoms with Crippen molar-refractivity contribution in [1.82, 2.24) is 4.90 Å². The van der Waals surface area contributed by atoms with Gasteiger partial charge in [-0.05, 0) is 37.0 Å². The third-order valence-corrected chi connectivity index (χ3v) is 3.63. The number of amides is 1. The number of thiol groups is 1. The van der Waals surface area contributed by atoms with Crippen molar-refractivity contribution in [3.05, 3.63) is 29.6 Å². The van der Waals surface area contributed by atoms with Gasteiger partial charge in [0.1, 0.15) is 5.82 Å². The van der Waals surface area contributed by atoms with E-state index in [9.17, 15) is 14.3 Å². The van der Waals surface area contributed by atoms with Crippen LogP contribution >= 0.6 is 12.6 Å². The maximum absolute atomic E-state index is 13.1. The van der Waals surface area contributed by atoms with E-state index >= 15 is 0 Å². The second-order valence-corrected chi connectivity index (χ2v) is 5.32. The van der Waals surface area contributed by atoms with Crippen LogP contribution in [0.3, 0.4) is 0 Å². The van der Waals surface area contributed by atoms with Crippen LogP contribution in [0.2, 0.25) is 0 Å². The molecule has 1 saturated carbocycles. The Hall–Kier alpha value is -1.07. The van der Waals surface area contributed by atoms with Crippen molar-refractivity contribution in [2.45, 2.75) is 23.8 Å². The van der Waals surface area contributed by atoms with E-state index in [0.29, 0.717) is 18.0 Å². The number of nitrogens with zero attached hydrogens (tertiary/aromatic N) is 1. The third kappa shape index (κ3) is 2.84. The molecular formula is C13H16FNO2S. The van der Waals surface area contributed by atoms with Gasteiger partial charge in [0, 0.05) is 24.1 Å². The van der Waals surface area contributed by atoms with Gasteiger partial charge >= 0.3 is 0 Å². The number of aliphatic hydroxyl groups is 1. The Kier molecular flexibility index (Phi) is 3.92. The van der Waals surface area contributed by atoms with E-state index in [2.05, 4.69) is 12.6 Å². The van der Waals surface area contributed by atoms with Gasteiger partial charge in [-0.25, -0.2) is 4.39 Å². The van der Waals surface area contributed by atoms with Crippen LogP contribution in [0.4, 0.5) is 4.39 Å². The first-order valence-electron chi connectivity index (χ1n) is 5.89. The lowest BCUT2D eigenvalue weighted by Gasteiger charge is -2.34. The Morgan fingerprint density at radius 2 is 2.22 bits per heavy atom. The predicted molar refractivity (Wildman–Crippen MR) is 69.3 cm³/mol. The van der Waals surface area contributed by atoms with Crippen molar-refractivity contribution in [2.75, 3.05) is 13.6 Å². The molecule has 2 rings (SSSR count). The monoisotopic (exact) mass is 269 g/mol. The highest BCUT2D eigenvalue weighted by atomic mass is 32.1. The molecule has 1 aliphatic carbocycles. The van der Waals surface area contributed by atoms with Gasteiger partial charge in [0.15, 0.2) is 0 Å². The standard InChI is InChI=1S/C13H16FNO2S/c1-15(7-8-4-10(16)5-8)13(17)9-2-3-11(14)12(18)6-9/h2-3,6,8,10,16,18H,4-5,7H2,1H3. The molecule has 1 aromatic carbocycles. The SMILES string of the molecule is CN(CC1CC(O)C1)C(=O)c1ccc(F)c(S)c1. The van der Waals surface area contributed by atoms with E-state index in [-0.39, 0.29) is 16.9 Å². The van der Waals surface area contributed by atoms with Crippen LogP contribution in [-0.4, -0.2) is 35.6 Å². The lowest BCUT2D eigenvalue weighted by atomic mass is 9.82. The number of hydrogen-bond acceptors (Lipinski definition) is 3. The topological polar surface area (TPSA) is 40.5 Å². The van der Waals surface area contributed by atoms with Crippen LogP contribution in [-0.2, 0) is 0 Å². The van der Waals surface area contributed by atoms with E-state index < -0.39 is 5.82 Å². The summed E-state index contributed by atoms with van der Waals surface area (Å²) < 4.78 is 13.1. The number of aliphatic hydroxyl groups excluding tert-OH is 1. The summed E-state index contributed by atoms with van der Waals surface area (Å²) in [5.41, 5.74) is 0.434. The van der Waals surface area contributed by atoms with Crippen molar-refractivity contribution in [2.24, 2.45) is 5.92 Å². The quantitative estimate of drug-likeness (QED) is 0.824. The second kappa shape index (κ2) is 5.28. The molecule has 98 valence electrons. The fourth-order valence-electron chi connectivity index (χ4n) is 2.19. The van der Waals surface area contributed by atoms with Gasteiger partial charge in [-0.2, -0.15) is 0 Å². The Morgan fingerprint density at radius 1 is 1.56 bits per heavy atom. The van der Waals surface area contributed by atoms with Gasteiger partial charge < -0.3 is 10.0 Å². The summed E-state index contributed by atoms with van der Waals surface area (Å²) in [5, 5.41) is 9.20. The molecule has 0 aliphatic heterocycles. The van der Waals surface area contributed by atoms with E-state index in [4.69, 9.17) is 0 Å². The summed E-state index contributed by atoms with van der Waals surface area (Å²) in [4.78, 5) is 13.9. The molecule has 1 N–H and O–H groups in total. The maximum atomic E-state index is 13.1. The van der Waals surface area contributed by atoms with Crippen molar-refractivity contribution in [3.8, 4) is 0 Å². The van der Waals surface area contributed by atoms with Crippen molar-refractivity contribution >= 4 is 18.5 Å². The fourth-order valence-corrected chi connectivity index (χ4v) is 2.40. The molecule has 0 heterocycles. The zero-order valence-electron chi connectivity index (χ0n) is 10.1. The first-order chi connectivity index (χ1) is 8.47. The first-order valence-corrected chi connectivity index (χ1v) is 6.34. The lowest BCUT2D eigenvalue weighted by Crippen LogP contribution is -2.39. The van der Waals surface area contributed by atoms with Gasteiger partial charge in [-0.3, -0.25) is 4.79 Å². The molecule has 1 aliphatic rings. The summed E-state index contributed by atoms with van der Waals surface area (Å²) in [6, 6.07) is 4.15. The summed E-state index contributed by atoms with van der Waals surface area (Å²) in [7, 11) is 1.72. The Balaban J connectivity index is 1.99.